The third kappa shape index (κ3) is 7.58. The highest BCUT2D eigenvalue weighted by Crippen LogP contribution is 2.46. The van der Waals surface area contributed by atoms with Crippen LogP contribution in [0, 0.1) is 0 Å². The molecule has 46 heavy (non-hydrogen) atoms. The first-order chi connectivity index (χ1) is 22.6. The first-order valence-electron chi connectivity index (χ1n) is 16.6. The Morgan fingerprint density at radius 2 is 1.04 bits per heavy atom. The Morgan fingerprint density at radius 3 is 1.48 bits per heavy atom. The number of esters is 1. The largest absolute Gasteiger partial charge is 0.494 e. The van der Waals surface area contributed by atoms with E-state index in [0.717, 1.165) is 83.5 Å². The molecule has 0 atom stereocenters. The maximum absolute atomic E-state index is 13.3. The lowest BCUT2D eigenvalue weighted by molar-refractivity contribution is 0.0521. The summed E-state index contributed by atoms with van der Waals surface area (Å²) in [6.45, 7) is 10.5. The molecule has 0 aliphatic heterocycles. The van der Waals surface area contributed by atoms with Crippen molar-refractivity contribution in [2.75, 3.05) is 26.4 Å². The van der Waals surface area contributed by atoms with Gasteiger partial charge >= 0.3 is 5.97 Å². The molecule has 0 fully saturated rings. The van der Waals surface area contributed by atoms with Crippen LogP contribution in [0.1, 0.15) is 76.7 Å². The zero-order valence-corrected chi connectivity index (χ0v) is 27.4. The van der Waals surface area contributed by atoms with Crippen LogP contribution in [0.2, 0.25) is 0 Å². The molecule has 1 N–H and O–H groups in total. The molecule has 0 amide bonds. The highest BCUT2D eigenvalue weighted by Gasteiger charge is 2.28. The van der Waals surface area contributed by atoms with Gasteiger partial charge < -0.3 is 28.3 Å². The second-order valence-corrected chi connectivity index (χ2v) is 11.3. The third-order valence-electron chi connectivity index (χ3n) is 7.82. The summed E-state index contributed by atoms with van der Waals surface area (Å²) in [6, 6.07) is 23.8. The highest BCUT2D eigenvalue weighted by molar-refractivity contribution is 6.12. The Morgan fingerprint density at radius 1 is 0.609 bits per heavy atom. The van der Waals surface area contributed by atoms with Gasteiger partial charge in [-0.3, -0.25) is 0 Å². The predicted molar refractivity (Wildman–Crippen MR) is 184 cm³/mol. The lowest BCUT2D eigenvalue weighted by Crippen LogP contribution is -2.06. The summed E-state index contributed by atoms with van der Waals surface area (Å²) >= 11 is 0. The molecule has 0 aliphatic rings. The van der Waals surface area contributed by atoms with Gasteiger partial charge in [-0.05, 0) is 85.8 Å². The third-order valence-corrected chi connectivity index (χ3v) is 7.82. The lowest BCUT2D eigenvalue weighted by atomic mass is 10.00. The molecule has 5 rings (SSSR count). The van der Waals surface area contributed by atoms with E-state index in [-0.39, 0.29) is 6.61 Å². The van der Waals surface area contributed by atoms with Crippen molar-refractivity contribution in [3.8, 4) is 50.8 Å². The van der Waals surface area contributed by atoms with Crippen LogP contribution in [0.5, 0.6) is 17.2 Å². The van der Waals surface area contributed by atoms with E-state index in [1.807, 2.05) is 72.8 Å². The average Bonchev–Trinajstić information content (AvgIpc) is 3.63. The van der Waals surface area contributed by atoms with Crippen LogP contribution in [0.3, 0.4) is 0 Å². The fourth-order valence-corrected chi connectivity index (χ4v) is 5.28. The van der Waals surface area contributed by atoms with Crippen LogP contribution < -0.4 is 14.2 Å². The first kappa shape index (κ1) is 32.7. The van der Waals surface area contributed by atoms with E-state index in [4.69, 9.17) is 23.4 Å². The van der Waals surface area contributed by atoms with Crippen molar-refractivity contribution in [2.45, 2.75) is 66.2 Å². The minimum Gasteiger partial charge on any atom is -0.494 e. The second kappa shape index (κ2) is 16.1. The number of ether oxygens (including phenoxy) is 4. The summed E-state index contributed by atoms with van der Waals surface area (Å²) in [6.07, 6.45) is 6.21. The van der Waals surface area contributed by atoms with E-state index in [1.54, 1.807) is 6.92 Å². The van der Waals surface area contributed by atoms with E-state index >= 15 is 0 Å². The fourth-order valence-electron chi connectivity index (χ4n) is 5.28. The summed E-state index contributed by atoms with van der Waals surface area (Å²) in [5.41, 5.74) is 5.81. The molecule has 0 spiro atoms. The molecule has 3 aromatic carbocycles. The Bertz CT molecular complexity index is 1680. The molecule has 0 saturated carbocycles. The van der Waals surface area contributed by atoms with Gasteiger partial charge in [0.05, 0.1) is 43.1 Å². The van der Waals surface area contributed by atoms with Gasteiger partial charge in [0.25, 0.3) is 0 Å². The summed E-state index contributed by atoms with van der Waals surface area (Å²) in [5, 5.41) is 0. The molecule has 0 aliphatic carbocycles. The van der Waals surface area contributed by atoms with E-state index in [0.29, 0.717) is 42.4 Å². The quantitative estimate of drug-likeness (QED) is 0.0820. The van der Waals surface area contributed by atoms with Crippen LogP contribution in [0.25, 0.3) is 44.7 Å². The molecule has 7 nitrogen and oxygen atoms in total. The Labute approximate surface area is 271 Å². The van der Waals surface area contributed by atoms with Gasteiger partial charge in [0.2, 0.25) is 0 Å². The molecular formula is C39H45NO6. The maximum atomic E-state index is 13.3. The number of aromatic amines is 1. The fraction of sp³-hybridized carbons (Fsp3) is 0.359. The number of nitrogens with one attached hydrogen (secondary N) is 1. The molecular weight excluding hydrogens is 578 g/mol. The van der Waals surface area contributed by atoms with Gasteiger partial charge in [-0.2, -0.15) is 0 Å². The number of unbranched alkanes of at least 4 members (excludes halogenated alkanes) is 3. The summed E-state index contributed by atoms with van der Waals surface area (Å²) in [5.74, 6) is 2.67. The SMILES string of the molecule is CCCCOc1ccc(-c2oc3c(-c4ccc(OCCCC)cc4)c(C(=O)OCC)[nH]c3c2-c2ccc(OCCCC)cc2)cc1. The van der Waals surface area contributed by atoms with Crippen LogP contribution in [-0.2, 0) is 4.74 Å². The van der Waals surface area contributed by atoms with Gasteiger partial charge in [-0.25, -0.2) is 4.79 Å². The van der Waals surface area contributed by atoms with Crippen molar-refractivity contribution in [1.29, 1.82) is 0 Å². The number of benzene rings is 3. The number of aromatic nitrogens is 1. The Kier molecular flexibility index (Phi) is 11.4. The number of H-pyrrole nitrogens is 1. The molecule has 5 aromatic rings. The topological polar surface area (TPSA) is 82.9 Å². The van der Waals surface area contributed by atoms with E-state index in [2.05, 4.69) is 25.8 Å². The number of hydrogen-bond donors (Lipinski definition) is 1. The van der Waals surface area contributed by atoms with Gasteiger partial charge in [0.1, 0.15) is 28.7 Å². The molecule has 2 aromatic heterocycles. The Balaban J connectivity index is 1.63. The maximum Gasteiger partial charge on any atom is 0.355 e. The Hall–Kier alpha value is -4.65. The minimum absolute atomic E-state index is 0.257. The number of carbonyl (C=O) groups excluding carboxylic acids is 1. The molecule has 0 bridgehead atoms. The predicted octanol–water partition coefficient (Wildman–Crippen LogP) is 10.5. The van der Waals surface area contributed by atoms with Crippen molar-refractivity contribution in [2.24, 2.45) is 0 Å². The number of hydrogen-bond acceptors (Lipinski definition) is 6. The van der Waals surface area contributed by atoms with Crippen molar-refractivity contribution in [3.63, 3.8) is 0 Å². The van der Waals surface area contributed by atoms with Crippen LogP contribution in [0.4, 0.5) is 0 Å². The second-order valence-electron chi connectivity index (χ2n) is 11.3. The number of furan rings is 1. The molecule has 0 unspecified atom stereocenters. The molecule has 0 saturated heterocycles. The normalized spacial score (nSPS) is 11.1. The smallest absolute Gasteiger partial charge is 0.355 e. The van der Waals surface area contributed by atoms with Gasteiger partial charge in [0, 0.05) is 5.56 Å². The molecule has 0 radical (unpaired) electrons. The van der Waals surface area contributed by atoms with Gasteiger partial charge in [-0.1, -0.05) is 64.3 Å². The van der Waals surface area contributed by atoms with Crippen LogP contribution in [-0.4, -0.2) is 37.4 Å². The highest BCUT2D eigenvalue weighted by atomic mass is 16.5. The first-order valence-corrected chi connectivity index (χ1v) is 16.6. The van der Waals surface area contributed by atoms with Gasteiger partial charge in [-0.15, -0.1) is 0 Å². The molecule has 7 heteroatoms. The monoisotopic (exact) mass is 623 g/mol. The van der Waals surface area contributed by atoms with Crippen molar-refractivity contribution >= 4 is 17.1 Å². The lowest BCUT2D eigenvalue weighted by Gasteiger charge is -2.10. The minimum atomic E-state index is -0.437. The summed E-state index contributed by atoms with van der Waals surface area (Å²) < 4.78 is 30.0. The number of rotatable bonds is 17. The standard InChI is InChI=1S/C39H45NO6/c1-5-9-24-43-30-18-12-27(13-19-30)33-35-38(46-37(33)29-16-22-32(23-17-29)45-26-11-7-3)34(36(40-35)39(41)42-8-4)28-14-20-31(21-15-28)44-25-10-6-2/h12-23,40H,5-11,24-26H2,1-4H3. The molecule has 2 heterocycles. The van der Waals surface area contributed by atoms with E-state index in [1.165, 1.54) is 0 Å². The zero-order valence-electron chi connectivity index (χ0n) is 27.4. The van der Waals surface area contributed by atoms with Crippen molar-refractivity contribution in [3.05, 3.63) is 78.5 Å². The van der Waals surface area contributed by atoms with Gasteiger partial charge in [0.15, 0.2) is 5.58 Å². The van der Waals surface area contributed by atoms with Crippen LogP contribution in [0.15, 0.2) is 77.2 Å². The summed E-state index contributed by atoms with van der Waals surface area (Å²) in [7, 11) is 0. The molecule has 242 valence electrons. The number of carbonyl (C=O) groups is 1. The number of fused-ring (bicyclic) bond motifs is 1. The average molecular weight is 624 g/mol. The zero-order chi connectivity index (χ0) is 32.3. The summed E-state index contributed by atoms with van der Waals surface area (Å²) in [4.78, 5) is 16.7. The van der Waals surface area contributed by atoms with E-state index < -0.39 is 5.97 Å². The van der Waals surface area contributed by atoms with Crippen molar-refractivity contribution < 1.29 is 28.2 Å². The van der Waals surface area contributed by atoms with Crippen molar-refractivity contribution in [1.82, 2.24) is 4.98 Å². The van der Waals surface area contributed by atoms with E-state index in [9.17, 15) is 4.79 Å². The van der Waals surface area contributed by atoms with Crippen LogP contribution >= 0.6 is 0 Å².